The van der Waals surface area contributed by atoms with E-state index in [4.69, 9.17) is 16.3 Å². The number of methoxy groups -OCH3 is 1. The van der Waals surface area contributed by atoms with Gasteiger partial charge in [-0.3, -0.25) is 9.59 Å². The second-order valence-electron chi connectivity index (χ2n) is 5.83. The van der Waals surface area contributed by atoms with E-state index >= 15 is 0 Å². The van der Waals surface area contributed by atoms with Gasteiger partial charge < -0.3 is 15.4 Å². The molecule has 1 aromatic carbocycles. The number of halogens is 1. The number of hydrogen-bond donors (Lipinski definition) is 2. The van der Waals surface area contributed by atoms with Gasteiger partial charge in [0.1, 0.15) is 0 Å². The van der Waals surface area contributed by atoms with E-state index in [9.17, 15) is 9.59 Å². The van der Waals surface area contributed by atoms with Crippen LogP contribution in [0.3, 0.4) is 0 Å². The van der Waals surface area contributed by atoms with Crippen LogP contribution in [0.5, 0.6) is 0 Å². The first-order valence-corrected chi connectivity index (χ1v) is 8.31. The van der Waals surface area contributed by atoms with Crippen molar-refractivity contribution in [3.8, 4) is 0 Å². The summed E-state index contributed by atoms with van der Waals surface area (Å²) in [4.78, 5) is 24.3. The van der Waals surface area contributed by atoms with Crippen molar-refractivity contribution < 1.29 is 14.3 Å². The maximum absolute atomic E-state index is 12.3. The van der Waals surface area contributed by atoms with Crippen molar-refractivity contribution >= 4 is 29.1 Å². The molecule has 0 aromatic heterocycles. The lowest BCUT2D eigenvalue weighted by Crippen LogP contribution is -2.36. The van der Waals surface area contributed by atoms with Crippen molar-refractivity contribution in [1.29, 1.82) is 0 Å². The predicted octanol–water partition coefficient (Wildman–Crippen LogP) is 2.85. The maximum Gasteiger partial charge on any atom is 0.227 e. The zero-order chi connectivity index (χ0) is 16.7. The van der Waals surface area contributed by atoms with Crippen LogP contribution in [0, 0.1) is 11.8 Å². The molecule has 23 heavy (non-hydrogen) atoms. The van der Waals surface area contributed by atoms with Gasteiger partial charge in [0, 0.05) is 36.2 Å². The number of carbonyl (C=O) groups excluding carboxylic acids is 2. The summed E-state index contributed by atoms with van der Waals surface area (Å²) in [5.74, 6) is 0.0281. The Labute approximate surface area is 141 Å². The smallest absolute Gasteiger partial charge is 0.227 e. The second kappa shape index (κ2) is 8.89. The van der Waals surface area contributed by atoms with Crippen LogP contribution in [0.2, 0.25) is 5.02 Å². The molecule has 0 bridgehead atoms. The monoisotopic (exact) mass is 338 g/mol. The van der Waals surface area contributed by atoms with Crippen LogP contribution >= 0.6 is 11.6 Å². The van der Waals surface area contributed by atoms with Crippen molar-refractivity contribution in [2.45, 2.75) is 25.7 Å². The van der Waals surface area contributed by atoms with Crippen LogP contribution in [0.4, 0.5) is 5.69 Å². The molecular weight excluding hydrogens is 316 g/mol. The summed E-state index contributed by atoms with van der Waals surface area (Å²) in [5.41, 5.74) is 0.710. The Morgan fingerprint density at radius 3 is 2.43 bits per heavy atom. The normalized spacial score (nSPS) is 20.8. The Balaban J connectivity index is 1.77. The summed E-state index contributed by atoms with van der Waals surface area (Å²) in [6, 6.07) is 7.12. The van der Waals surface area contributed by atoms with Gasteiger partial charge >= 0.3 is 0 Å². The van der Waals surface area contributed by atoms with E-state index in [0.717, 1.165) is 25.7 Å². The minimum atomic E-state index is -0.0444. The van der Waals surface area contributed by atoms with Crippen LogP contribution in [-0.2, 0) is 14.3 Å². The quantitative estimate of drug-likeness (QED) is 0.784. The van der Waals surface area contributed by atoms with Crippen molar-refractivity contribution in [3.63, 3.8) is 0 Å². The molecule has 0 spiro atoms. The number of benzene rings is 1. The van der Waals surface area contributed by atoms with E-state index in [1.807, 2.05) is 6.07 Å². The topological polar surface area (TPSA) is 67.4 Å². The summed E-state index contributed by atoms with van der Waals surface area (Å²) < 4.78 is 4.92. The van der Waals surface area contributed by atoms with Gasteiger partial charge in [-0.15, -0.1) is 0 Å². The van der Waals surface area contributed by atoms with Crippen LogP contribution in [0.25, 0.3) is 0 Å². The molecule has 2 amide bonds. The Morgan fingerprint density at radius 1 is 1.17 bits per heavy atom. The minimum Gasteiger partial charge on any atom is -0.383 e. The molecule has 126 valence electrons. The lowest BCUT2D eigenvalue weighted by molar-refractivity contribution is -0.128. The largest absolute Gasteiger partial charge is 0.383 e. The molecular formula is C17H23ClN2O3. The fourth-order valence-corrected chi connectivity index (χ4v) is 3.04. The van der Waals surface area contributed by atoms with Gasteiger partial charge in [0.25, 0.3) is 0 Å². The van der Waals surface area contributed by atoms with Crippen LogP contribution in [0.15, 0.2) is 24.3 Å². The SMILES string of the molecule is COCCNC(=O)C1CCC(C(=O)Nc2cccc(Cl)c2)CC1. The fraction of sp³-hybridized carbons (Fsp3) is 0.529. The molecule has 2 N–H and O–H groups in total. The van der Waals surface area contributed by atoms with E-state index < -0.39 is 0 Å². The zero-order valence-corrected chi connectivity index (χ0v) is 14.1. The highest BCUT2D eigenvalue weighted by atomic mass is 35.5. The lowest BCUT2D eigenvalue weighted by atomic mass is 9.81. The molecule has 1 aromatic rings. The Bertz CT molecular complexity index is 542. The van der Waals surface area contributed by atoms with Gasteiger partial charge in [0.2, 0.25) is 11.8 Å². The molecule has 1 aliphatic carbocycles. The third-order valence-corrected chi connectivity index (χ3v) is 4.40. The van der Waals surface area contributed by atoms with E-state index in [1.165, 1.54) is 0 Å². The molecule has 0 radical (unpaired) electrons. The molecule has 5 nitrogen and oxygen atoms in total. The number of anilines is 1. The van der Waals surface area contributed by atoms with E-state index in [-0.39, 0.29) is 23.7 Å². The van der Waals surface area contributed by atoms with Gasteiger partial charge in [-0.25, -0.2) is 0 Å². The van der Waals surface area contributed by atoms with E-state index in [0.29, 0.717) is 23.9 Å². The molecule has 0 aliphatic heterocycles. The van der Waals surface area contributed by atoms with Crippen molar-refractivity contribution in [3.05, 3.63) is 29.3 Å². The minimum absolute atomic E-state index is 0.00192. The number of hydrogen-bond acceptors (Lipinski definition) is 3. The molecule has 6 heteroatoms. The molecule has 1 aliphatic rings. The molecule has 0 heterocycles. The first-order chi connectivity index (χ1) is 11.1. The number of carbonyl (C=O) groups is 2. The first-order valence-electron chi connectivity index (χ1n) is 7.93. The summed E-state index contributed by atoms with van der Waals surface area (Å²) >= 11 is 5.92. The summed E-state index contributed by atoms with van der Waals surface area (Å²) in [6.07, 6.45) is 2.95. The van der Waals surface area contributed by atoms with Crippen molar-refractivity contribution in [2.24, 2.45) is 11.8 Å². The average Bonchev–Trinajstić information content (AvgIpc) is 2.55. The molecule has 2 rings (SSSR count). The number of nitrogens with one attached hydrogen (secondary N) is 2. The highest BCUT2D eigenvalue weighted by Crippen LogP contribution is 2.30. The van der Waals surface area contributed by atoms with Gasteiger partial charge in [-0.2, -0.15) is 0 Å². The van der Waals surface area contributed by atoms with Gasteiger partial charge in [0.15, 0.2) is 0 Å². The lowest BCUT2D eigenvalue weighted by Gasteiger charge is -2.27. The molecule has 0 unspecified atom stereocenters. The van der Waals surface area contributed by atoms with Crippen molar-refractivity contribution in [2.75, 3.05) is 25.6 Å². The molecule has 1 fully saturated rings. The van der Waals surface area contributed by atoms with Crippen molar-refractivity contribution in [1.82, 2.24) is 5.32 Å². The third-order valence-electron chi connectivity index (χ3n) is 4.17. The highest BCUT2D eigenvalue weighted by Gasteiger charge is 2.29. The highest BCUT2D eigenvalue weighted by molar-refractivity contribution is 6.30. The molecule has 0 saturated heterocycles. The van der Waals surface area contributed by atoms with E-state index in [1.54, 1.807) is 25.3 Å². The van der Waals surface area contributed by atoms with Crippen LogP contribution in [0.1, 0.15) is 25.7 Å². The summed E-state index contributed by atoms with van der Waals surface area (Å²) in [7, 11) is 1.61. The molecule has 1 saturated carbocycles. The summed E-state index contributed by atoms with van der Waals surface area (Å²) in [5, 5.41) is 6.36. The van der Waals surface area contributed by atoms with Gasteiger partial charge in [-0.05, 0) is 43.9 Å². The predicted molar refractivity (Wildman–Crippen MR) is 90.4 cm³/mol. The van der Waals surface area contributed by atoms with Gasteiger partial charge in [0.05, 0.1) is 6.61 Å². The number of rotatable bonds is 6. The zero-order valence-electron chi connectivity index (χ0n) is 13.3. The standard InChI is InChI=1S/C17H23ClN2O3/c1-23-10-9-19-16(21)12-5-7-13(8-6-12)17(22)20-15-4-2-3-14(18)11-15/h2-4,11-13H,5-10H2,1H3,(H,19,21)(H,20,22). The fourth-order valence-electron chi connectivity index (χ4n) is 2.85. The van der Waals surface area contributed by atoms with E-state index in [2.05, 4.69) is 10.6 Å². The third kappa shape index (κ3) is 5.52. The Hall–Kier alpha value is -1.59. The average molecular weight is 339 g/mol. The number of amides is 2. The Kier molecular flexibility index (Phi) is 6.86. The maximum atomic E-state index is 12.3. The number of ether oxygens (including phenoxy) is 1. The molecule has 0 atom stereocenters. The van der Waals surface area contributed by atoms with Gasteiger partial charge in [-0.1, -0.05) is 17.7 Å². The summed E-state index contributed by atoms with van der Waals surface area (Å²) in [6.45, 7) is 1.05. The Morgan fingerprint density at radius 2 is 1.83 bits per heavy atom. The van der Waals surface area contributed by atoms with Crippen LogP contribution < -0.4 is 10.6 Å². The van der Waals surface area contributed by atoms with Crippen LogP contribution in [-0.4, -0.2) is 32.1 Å². The first kappa shape index (κ1) is 17.8. The second-order valence-corrected chi connectivity index (χ2v) is 6.27.